The number of hydrogen-bond acceptors (Lipinski definition) is 11. The minimum absolute atomic E-state index is 0.0708. The van der Waals surface area contributed by atoms with E-state index in [-0.39, 0.29) is 47.4 Å². The van der Waals surface area contributed by atoms with E-state index in [1.165, 1.54) is 21.6 Å². The van der Waals surface area contributed by atoms with Crippen molar-refractivity contribution in [1.82, 2.24) is 9.80 Å². The largest absolute Gasteiger partial charge is 0.502 e. The topological polar surface area (TPSA) is 130 Å². The van der Waals surface area contributed by atoms with Crippen molar-refractivity contribution in [1.29, 1.82) is 0 Å². The molecule has 0 radical (unpaired) electrons. The maximum Gasteiger partial charge on any atom is 0.502 e. The number of nitrogens with zero attached hydrogens (tertiary/aromatic N) is 2. The van der Waals surface area contributed by atoms with E-state index in [1.807, 2.05) is 41.5 Å². The Balaban J connectivity index is 1.57. The molecule has 0 bridgehead atoms. The number of rotatable bonds is 20. The molecule has 0 spiro atoms. The fraction of sp³-hybridized carbons (Fsp3) is 0.500. The van der Waals surface area contributed by atoms with Crippen LogP contribution < -0.4 is 0 Å². The lowest BCUT2D eigenvalue weighted by molar-refractivity contribution is 0.0569. The normalized spacial score (nSPS) is 14.9. The zero-order chi connectivity index (χ0) is 34.2. The SMILES string of the molecule is CCO[Si](CCN1C(=O)c2cccc(Sc3cccc4c3C(=O)N(CC[Si](OCC)(OCC)OCC)C4=O)c2C1=O)(OCC)OCC. The summed E-state index contributed by atoms with van der Waals surface area (Å²) in [4.78, 5) is 57.9. The number of amides is 4. The standard InChI is InChI=1S/C32H44N2O10SSi2/c1-7-39-46(40-8-2,41-9-3)21-19-33-29(35)23-15-13-17-25(27(23)31(33)37)45-26-18-14-16-24-28(26)32(38)34(30(24)36)20-22-47(42-10-4,43-11-5)44-12-6/h13-18H,7-12,19-22H2,1-6H3. The van der Waals surface area contributed by atoms with E-state index >= 15 is 0 Å². The molecule has 0 fully saturated rings. The highest BCUT2D eigenvalue weighted by atomic mass is 32.2. The van der Waals surface area contributed by atoms with Crippen LogP contribution in [0.25, 0.3) is 0 Å². The first kappa shape index (κ1) is 37.1. The van der Waals surface area contributed by atoms with E-state index in [0.717, 1.165) is 0 Å². The summed E-state index contributed by atoms with van der Waals surface area (Å²) in [5.41, 5.74) is 1.06. The number of carbonyl (C=O) groups is 4. The van der Waals surface area contributed by atoms with Gasteiger partial charge in [-0.15, -0.1) is 0 Å². The van der Waals surface area contributed by atoms with Crippen LogP contribution in [0.15, 0.2) is 46.2 Å². The predicted octanol–water partition coefficient (Wildman–Crippen LogP) is 5.13. The van der Waals surface area contributed by atoms with Crippen molar-refractivity contribution in [3.05, 3.63) is 58.7 Å². The third kappa shape index (κ3) is 7.79. The van der Waals surface area contributed by atoms with Crippen LogP contribution in [0, 0.1) is 0 Å². The summed E-state index contributed by atoms with van der Waals surface area (Å²) >= 11 is 1.18. The van der Waals surface area contributed by atoms with Gasteiger partial charge in [-0.1, -0.05) is 23.9 Å². The van der Waals surface area contributed by atoms with Crippen LogP contribution in [0.3, 0.4) is 0 Å². The summed E-state index contributed by atoms with van der Waals surface area (Å²) in [6.07, 6.45) is 0. The molecule has 2 aliphatic heterocycles. The molecule has 0 atom stereocenters. The van der Waals surface area contributed by atoms with Gasteiger partial charge in [-0.2, -0.15) is 0 Å². The summed E-state index contributed by atoms with van der Waals surface area (Å²) in [6.45, 7) is 13.5. The lowest BCUT2D eigenvalue weighted by Gasteiger charge is -2.29. The van der Waals surface area contributed by atoms with Crippen LogP contribution in [0.4, 0.5) is 0 Å². The molecule has 15 heteroatoms. The van der Waals surface area contributed by atoms with Crippen molar-refractivity contribution in [2.75, 3.05) is 52.7 Å². The van der Waals surface area contributed by atoms with E-state index in [9.17, 15) is 19.2 Å². The quantitative estimate of drug-likeness (QED) is 0.134. The molecule has 2 aliphatic rings. The fourth-order valence-electron chi connectivity index (χ4n) is 5.80. The van der Waals surface area contributed by atoms with Gasteiger partial charge in [0.2, 0.25) is 0 Å². The molecular weight excluding hydrogens is 661 g/mol. The van der Waals surface area contributed by atoms with Gasteiger partial charge in [0.25, 0.3) is 23.6 Å². The molecule has 4 amide bonds. The first-order valence-electron chi connectivity index (χ1n) is 16.1. The Hall–Kier alpha value is -2.74. The van der Waals surface area contributed by atoms with Gasteiger partial charge in [0, 0.05) is 74.6 Å². The Labute approximate surface area is 282 Å². The smallest absolute Gasteiger partial charge is 0.374 e. The van der Waals surface area contributed by atoms with Crippen molar-refractivity contribution < 1.29 is 45.7 Å². The van der Waals surface area contributed by atoms with Gasteiger partial charge in [-0.05, 0) is 65.8 Å². The van der Waals surface area contributed by atoms with Gasteiger partial charge in [0.05, 0.1) is 22.3 Å². The molecule has 0 unspecified atom stereocenters. The summed E-state index contributed by atoms with van der Waals surface area (Å²) in [7, 11) is -6.23. The maximum absolute atomic E-state index is 13.8. The van der Waals surface area contributed by atoms with Gasteiger partial charge < -0.3 is 26.6 Å². The third-order valence-electron chi connectivity index (χ3n) is 7.61. The first-order valence-corrected chi connectivity index (χ1v) is 20.8. The van der Waals surface area contributed by atoms with Crippen LogP contribution in [-0.4, -0.2) is 104 Å². The van der Waals surface area contributed by atoms with E-state index in [2.05, 4.69) is 0 Å². The lowest BCUT2D eigenvalue weighted by atomic mass is 10.1. The minimum Gasteiger partial charge on any atom is -0.374 e. The Morgan fingerprint density at radius 2 is 0.830 bits per heavy atom. The minimum atomic E-state index is -3.11. The van der Waals surface area contributed by atoms with Crippen LogP contribution >= 0.6 is 11.8 Å². The molecule has 2 aromatic carbocycles. The fourth-order valence-corrected chi connectivity index (χ4v) is 11.9. The molecule has 0 saturated carbocycles. The number of imide groups is 2. The second-order valence-electron chi connectivity index (χ2n) is 10.4. The maximum atomic E-state index is 13.8. The molecule has 0 saturated heterocycles. The van der Waals surface area contributed by atoms with Crippen molar-refractivity contribution >= 4 is 53.0 Å². The second-order valence-corrected chi connectivity index (χ2v) is 17.0. The molecule has 4 rings (SSSR count). The average molecular weight is 705 g/mol. The van der Waals surface area contributed by atoms with Gasteiger partial charge in [-0.25, -0.2) is 0 Å². The summed E-state index contributed by atoms with van der Waals surface area (Å²) in [5.74, 6) is -1.72. The summed E-state index contributed by atoms with van der Waals surface area (Å²) in [5, 5.41) is 0. The molecule has 2 heterocycles. The van der Waals surface area contributed by atoms with Crippen LogP contribution in [0.1, 0.15) is 83.0 Å². The lowest BCUT2D eigenvalue weighted by Crippen LogP contribution is -2.49. The summed E-state index contributed by atoms with van der Waals surface area (Å²) < 4.78 is 35.5. The van der Waals surface area contributed by atoms with Crippen LogP contribution in [0.2, 0.25) is 12.1 Å². The highest BCUT2D eigenvalue weighted by Gasteiger charge is 2.46. The van der Waals surface area contributed by atoms with Gasteiger partial charge in [0.1, 0.15) is 0 Å². The Bertz CT molecular complexity index is 1330. The van der Waals surface area contributed by atoms with Crippen LogP contribution in [0.5, 0.6) is 0 Å². The number of benzene rings is 2. The monoisotopic (exact) mass is 704 g/mol. The molecular formula is C32H44N2O10SSi2. The van der Waals surface area contributed by atoms with Crippen LogP contribution in [-0.2, 0) is 26.6 Å². The Morgan fingerprint density at radius 3 is 1.13 bits per heavy atom. The number of fused-ring (bicyclic) bond motifs is 2. The van der Waals surface area contributed by atoms with Crippen molar-refractivity contribution in [3.8, 4) is 0 Å². The van der Waals surface area contributed by atoms with E-state index < -0.39 is 41.2 Å². The third-order valence-corrected chi connectivity index (χ3v) is 14.8. The van der Waals surface area contributed by atoms with Gasteiger partial charge >= 0.3 is 17.6 Å². The Morgan fingerprint density at radius 1 is 0.511 bits per heavy atom. The predicted molar refractivity (Wildman–Crippen MR) is 179 cm³/mol. The molecule has 2 aromatic rings. The van der Waals surface area contributed by atoms with Crippen molar-refractivity contribution in [2.45, 2.75) is 63.4 Å². The van der Waals surface area contributed by atoms with E-state index in [4.69, 9.17) is 26.6 Å². The molecule has 0 aliphatic carbocycles. The summed E-state index contributed by atoms with van der Waals surface area (Å²) in [6, 6.07) is 10.6. The van der Waals surface area contributed by atoms with E-state index in [0.29, 0.717) is 49.4 Å². The van der Waals surface area contributed by atoms with Crippen molar-refractivity contribution in [2.24, 2.45) is 0 Å². The molecule has 0 aromatic heterocycles. The molecule has 12 nitrogen and oxygen atoms in total. The zero-order valence-electron chi connectivity index (χ0n) is 27.9. The molecule has 256 valence electrons. The van der Waals surface area contributed by atoms with E-state index in [1.54, 1.807) is 36.4 Å². The van der Waals surface area contributed by atoms with Gasteiger partial charge in [-0.3, -0.25) is 29.0 Å². The highest BCUT2D eigenvalue weighted by Crippen LogP contribution is 2.40. The highest BCUT2D eigenvalue weighted by molar-refractivity contribution is 7.99. The number of hydrogen-bond donors (Lipinski definition) is 0. The average Bonchev–Trinajstić information content (AvgIpc) is 3.44. The second kappa shape index (κ2) is 16.6. The number of carbonyl (C=O) groups excluding carboxylic acids is 4. The van der Waals surface area contributed by atoms with Gasteiger partial charge in [0.15, 0.2) is 0 Å². The zero-order valence-corrected chi connectivity index (χ0v) is 30.7. The Kier molecular flexibility index (Phi) is 13.1. The first-order chi connectivity index (χ1) is 22.6. The molecule has 47 heavy (non-hydrogen) atoms. The molecule has 0 N–H and O–H groups in total. The van der Waals surface area contributed by atoms with Crippen molar-refractivity contribution in [3.63, 3.8) is 0 Å².